The fourth-order valence-corrected chi connectivity index (χ4v) is 1.71. The molecule has 0 saturated heterocycles. The fraction of sp³-hybridized carbons (Fsp3) is 0.846. The van der Waals surface area contributed by atoms with Crippen LogP contribution < -0.4 is 10.6 Å². The molecule has 112 valence electrons. The molecule has 0 aliphatic heterocycles. The molecule has 0 fully saturated rings. The molecule has 0 heterocycles. The van der Waals surface area contributed by atoms with E-state index in [-0.39, 0.29) is 12.5 Å². The van der Waals surface area contributed by atoms with Crippen LogP contribution in [-0.2, 0) is 4.79 Å². The van der Waals surface area contributed by atoms with Crippen LogP contribution in [0.3, 0.4) is 0 Å². The van der Waals surface area contributed by atoms with Gasteiger partial charge in [0.1, 0.15) is 0 Å². The van der Waals surface area contributed by atoms with Crippen molar-refractivity contribution in [2.24, 2.45) is 0 Å². The second kappa shape index (κ2) is 11.8. The molecule has 0 rings (SSSR count). The third kappa shape index (κ3) is 11.5. The summed E-state index contributed by atoms with van der Waals surface area (Å²) in [5, 5.41) is 14.0. The minimum absolute atomic E-state index is 0.148. The molecule has 0 bridgehead atoms. The van der Waals surface area contributed by atoms with E-state index in [1.54, 1.807) is 0 Å². The van der Waals surface area contributed by atoms with Crippen molar-refractivity contribution in [3.63, 3.8) is 0 Å². The van der Waals surface area contributed by atoms with Crippen LogP contribution in [0.2, 0.25) is 0 Å². The first kappa shape index (κ1) is 17.7. The summed E-state index contributed by atoms with van der Waals surface area (Å²) in [6.45, 7) is 8.27. The molecule has 2 amide bonds. The van der Waals surface area contributed by atoms with Gasteiger partial charge in [-0.25, -0.2) is 4.79 Å². The SMILES string of the molecule is CCN(CC)CCNC(=O)NCCCCCC(=O)O. The summed E-state index contributed by atoms with van der Waals surface area (Å²) in [4.78, 5) is 23.9. The Morgan fingerprint density at radius 3 is 2.21 bits per heavy atom. The maximum absolute atomic E-state index is 11.4. The van der Waals surface area contributed by atoms with Crippen molar-refractivity contribution in [1.29, 1.82) is 0 Å². The standard InChI is InChI=1S/C13H27N3O3/c1-3-16(4-2)11-10-15-13(19)14-9-7-5-6-8-12(17)18/h3-11H2,1-2H3,(H,17,18)(H2,14,15,19). The molecule has 0 unspecified atom stereocenters. The Morgan fingerprint density at radius 2 is 1.63 bits per heavy atom. The Labute approximate surface area is 115 Å². The van der Waals surface area contributed by atoms with Gasteiger partial charge in [0.2, 0.25) is 0 Å². The lowest BCUT2D eigenvalue weighted by Crippen LogP contribution is -2.40. The zero-order chi connectivity index (χ0) is 14.5. The minimum atomic E-state index is -0.762. The number of carbonyl (C=O) groups is 2. The summed E-state index contributed by atoms with van der Waals surface area (Å²) >= 11 is 0. The smallest absolute Gasteiger partial charge is 0.314 e. The quantitative estimate of drug-likeness (QED) is 0.495. The molecule has 0 atom stereocenters. The zero-order valence-corrected chi connectivity index (χ0v) is 12.1. The van der Waals surface area contributed by atoms with Crippen molar-refractivity contribution < 1.29 is 14.7 Å². The molecule has 0 aromatic heterocycles. The number of unbranched alkanes of at least 4 members (excludes halogenated alkanes) is 2. The number of amides is 2. The molecule has 19 heavy (non-hydrogen) atoms. The highest BCUT2D eigenvalue weighted by Crippen LogP contribution is 1.98. The van der Waals surface area contributed by atoms with Gasteiger partial charge in [0.05, 0.1) is 0 Å². The first-order valence-electron chi connectivity index (χ1n) is 7.06. The van der Waals surface area contributed by atoms with Gasteiger partial charge in [0.15, 0.2) is 0 Å². The molecular weight excluding hydrogens is 246 g/mol. The number of hydrogen-bond donors (Lipinski definition) is 3. The van der Waals surface area contributed by atoms with Gasteiger partial charge in [-0.2, -0.15) is 0 Å². The number of likely N-dealkylation sites (N-methyl/N-ethyl adjacent to an activating group) is 1. The lowest BCUT2D eigenvalue weighted by atomic mass is 10.2. The number of nitrogens with zero attached hydrogens (tertiary/aromatic N) is 1. The third-order valence-electron chi connectivity index (χ3n) is 2.96. The van der Waals surface area contributed by atoms with E-state index in [0.29, 0.717) is 19.5 Å². The maximum atomic E-state index is 11.4. The number of hydrogen-bond acceptors (Lipinski definition) is 3. The van der Waals surface area contributed by atoms with Crippen LogP contribution in [0.5, 0.6) is 0 Å². The summed E-state index contributed by atoms with van der Waals surface area (Å²) < 4.78 is 0. The van der Waals surface area contributed by atoms with Gasteiger partial charge < -0.3 is 20.6 Å². The van der Waals surface area contributed by atoms with Gasteiger partial charge in [-0.15, -0.1) is 0 Å². The lowest BCUT2D eigenvalue weighted by molar-refractivity contribution is -0.137. The Hall–Kier alpha value is -1.30. The molecule has 0 aliphatic rings. The lowest BCUT2D eigenvalue weighted by Gasteiger charge is -2.18. The molecule has 3 N–H and O–H groups in total. The third-order valence-corrected chi connectivity index (χ3v) is 2.96. The van der Waals surface area contributed by atoms with Gasteiger partial charge in [-0.3, -0.25) is 4.79 Å². The van der Waals surface area contributed by atoms with Gasteiger partial charge in [-0.05, 0) is 25.9 Å². The molecule has 0 saturated carbocycles. The molecule has 0 aliphatic carbocycles. The Kier molecular flexibility index (Phi) is 11.0. The number of urea groups is 1. The monoisotopic (exact) mass is 273 g/mol. The topological polar surface area (TPSA) is 81.7 Å². The van der Waals surface area contributed by atoms with Crippen LogP contribution in [0, 0.1) is 0 Å². The summed E-state index contributed by atoms with van der Waals surface area (Å²) in [7, 11) is 0. The van der Waals surface area contributed by atoms with Crippen molar-refractivity contribution in [3.05, 3.63) is 0 Å². The van der Waals surface area contributed by atoms with Crippen LogP contribution in [0.25, 0.3) is 0 Å². The highest BCUT2D eigenvalue weighted by Gasteiger charge is 2.02. The Bertz CT molecular complexity index is 256. The van der Waals surface area contributed by atoms with Crippen molar-refractivity contribution in [3.8, 4) is 0 Å². The van der Waals surface area contributed by atoms with Crippen LogP contribution in [0.15, 0.2) is 0 Å². The molecule has 6 heteroatoms. The minimum Gasteiger partial charge on any atom is -0.481 e. The van der Waals surface area contributed by atoms with E-state index in [1.807, 2.05) is 0 Å². The van der Waals surface area contributed by atoms with Crippen molar-refractivity contribution in [2.45, 2.75) is 39.5 Å². The highest BCUT2D eigenvalue weighted by molar-refractivity contribution is 5.73. The van der Waals surface area contributed by atoms with E-state index in [4.69, 9.17) is 5.11 Å². The molecule has 0 aromatic rings. The van der Waals surface area contributed by atoms with Crippen molar-refractivity contribution >= 4 is 12.0 Å². The summed E-state index contributed by atoms with van der Waals surface area (Å²) in [5.74, 6) is -0.762. The van der Waals surface area contributed by atoms with E-state index < -0.39 is 5.97 Å². The highest BCUT2D eigenvalue weighted by atomic mass is 16.4. The molecular formula is C13H27N3O3. The predicted octanol–water partition coefficient (Wildman–Crippen LogP) is 1.27. The Morgan fingerprint density at radius 1 is 1.00 bits per heavy atom. The van der Waals surface area contributed by atoms with Crippen LogP contribution >= 0.6 is 0 Å². The van der Waals surface area contributed by atoms with Crippen molar-refractivity contribution in [2.75, 3.05) is 32.7 Å². The molecule has 0 radical (unpaired) electrons. The van der Waals surface area contributed by atoms with E-state index in [1.165, 1.54) is 0 Å². The molecule has 0 aromatic carbocycles. The summed E-state index contributed by atoms with van der Waals surface area (Å²) in [5.41, 5.74) is 0. The second-order valence-electron chi connectivity index (χ2n) is 4.41. The fourth-order valence-electron chi connectivity index (χ4n) is 1.71. The van der Waals surface area contributed by atoms with E-state index >= 15 is 0 Å². The number of carbonyl (C=O) groups excluding carboxylic acids is 1. The first-order chi connectivity index (χ1) is 9.10. The first-order valence-corrected chi connectivity index (χ1v) is 7.06. The second-order valence-corrected chi connectivity index (χ2v) is 4.41. The summed E-state index contributed by atoms with van der Waals surface area (Å²) in [6, 6.07) is -0.148. The zero-order valence-electron chi connectivity index (χ0n) is 12.1. The van der Waals surface area contributed by atoms with Gasteiger partial charge >= 0.3 is 12.0 Å². The number of carboxylic acid groups (broad SMARTS) is 1. The normalized spacial score (nSPS) is 10.5. The van der Waals surface area contributed by atoms with E-state index in [0.717, 1.165) is 32.5 Å². The average molecular weight is 273 g/mol. The predicted molar refractivity (Wildman–Crippen MR) is 75.3 cm³/mol. The van der Waals surface area contributed by atoms with E-state index in [9.17, 15) is 9.59 Å². The van der Waals surface area contributed by atoms with Gasteiger partial charge in [0, 0.05) is 26.1 Å². The number of aliphatic carboxylic acids is 1. The van der Waals surface area contributed by atoms with Crippen LogP contribution in [-0.4, -0.2) is 54.7 Å². The molecule has 0 spiro atoms. The van der Waals surface area contributed by atoms with E-state index in [2.05, 4.69) is 29.4 Å². The summed E-state index contributed by atoms with van der Waals surface area (Å²) in [6.07, 6.45) is 2.51. The van der Waals surface area contributed by atoms with Gasteiger partial charge in [-0.1, -0.05) is 20.3 Å². The maximum Gasteiger partial charge on any atom is 0.314 e. The van der Waals surface area contributed by atoms with Crippen molar-refractivity contribution in [1.82, 2.24) is 15.5 Å². The number of nitrogens with one attached hydrogen (secondary N) is 2. The molecule has 6 nitrogen and oxygen atoms in total. The average Bonchev–Trinajstić information content (AvgIpc) is 2.38. The Balaban J connectivity index is 3.37. The largest absolute Gasteiger partial charge is 0.481 e. The van der Waals surface area contributed by atoms with Gasteiger partial charge in [0.25, 0.3) is 0 Å². The number of carboxylic acids is 1. The number of rotatable bonds is 11. The van der Waals surface area contributed by atoms with Crippen LogP contribution in [0.1, 0.15) is 39.5 Å². The van der Waals surface area contributed by atoms with Crippen LogP contribution in [0.4, 0.5) is 4.79 Å².